The zero-order valence-corrected chi connectivity index (χ0v) is 23.1. The first kappa shape index (κ1) is 27.1. The van der Waals surface area contributed by atoms with Crippen LogP contribution in [-0.2, 0) is 6.54 Å². The first-order valence-corrected chi connectivity index (χ1v) is 14.0. The molecule has 39 heavy (non-hydrogen) atoms. The molecule has 0 spiro atoms. The molecule has 3 aromatic rings. The van der Waals surface area contributed by atoms with Crippen LogP contribution in [-0.4, -0.2) is 71.0 Å². The second kappa shape index (κ2) is 12.1. The van der Waals surface area contributed by atoms with Crippen LogP contribution in [0.2, 0.25) is 0 Å². The molecule has 1 aromatic heterocycles. The number of halogens is 1. The van der Waals surface area contributed by atoms with Crippen molar-refractivity contribution in [2.24, 2.45) is 0 Å². The number of benzene rings is 2. The van der Waals surface area contributed by atoms with Crippen LogP contribution in [0.5, 0.6) is 5.75 Å². The molecule has 0 aliphatic carbocycles. The summed E-state index contributed by atoms with van der Waals surface area (Å²) in [4.78, 5) is 30.0. The first-order valence-electron chi connectivity index (χ1n) is 14.0. The van der Waals surface area contributed by atoms with Gasteiger partial charge in [0.25, 0.3) is 5.91 Å². The minimum atomic E-state index is -0.409. The first-order chi connectivity index (χ1) is 18.9. The predicted molar refractivity (Wildman–Crippen MR) is 151 cm³/mol. The fourth-order valence-corrected chi connectivity index (χ4v) is 5.69. The van der Waals surface area contributed by atoms with E-state index in [1.165, 1.54) is 32.0 Å². The fourth-order valence-electron chi connectivity index (χ4n) is 5.69. The molecule has 2 aromatic carbocycles. The topological polar surface area (TPSA) is 61.8 Å². The van der Waals surface area contributed by atoms with Gasteiger partial charge in [-0.1, -0.05) is 24.3 Å². The number of ether oxygens (including phenoxy) is 1. The zero-order valence-electron chi connectivity index (χ0n) is 23.1. The lowest BCUT2D eigenvalue weighted by atomic mass is 10.0. The molecule has 2 saturated heterocycles. The van der Waals surface area contributed by atoms with Crippen LogP contribution < -0.4 is 9.64 Å². The van der Waals surface area contributed by atoms with Gasteiger partial charge in [0, 0.05) is 43.5 Å². The van der Waals surface area contributed by atoms with Crippen molar-refractivity contribution in [3.8, 4) is 17.0 Å². The maximum Gasteiger partial charge on any atom is 0.258 e. The van der Waals surface area contributed by atoms with Crippen molar-refractivity contribution < 1.29 is 13.9 Å². The summed E-state index contributed by atoms with van der Waals surface area (Å²) >= 11 is 0. The van der Waals surface area contributed by atoms with Crippen molar-refractivity contribution in [1.29, 1.82) is 0 Å². The van der Waals surface area contributed by atoms with E-state index in [9.17, 15) is 4.79 Å². The number of nitrogens with zero attached hydrogens (tertiary/aromatic N) is 5. The summed E-state index contributed by atoms with van der Waals surface area (Å²) in [5, 5.41) is 0. The van der Waals surface area contributed by atoms with E-state index in [1.807, 2.05) is 38.1 Å². The molecule has 0 unspecified atom stereocenters. The molecule has 1 amide bonds. The largest absolute Gasteiger partial charge is 0.497 e. The van der Waals surface area contributed by atoms with Crippen molar-refractivity contribution in [3.05, 3.63) is 71.7 Å². The Labute approximate surface area is 230 Å². The maximum atomic E-state index is 15.1. The van der Waals surface area contributed by atoms with Gasteiger partial charge in [-0.25, -0.2) is 14.4 Å². The summed E-state index contributed by atoms with van der Waals surface area (Å²) in [6, 6.07) is 14.7. The quantitative estimate of drug-likeness (QED) is 0.388. The smallest absolute Gasteiger partial charge is 0.258 e. The van der Waals surface area contributed by atoms with Crippen LogP contribution in [0.3, 0.4) is 0 Å². The van der Waals surface area contributed by atoms with Gasteiger partial charge < -0.3 is 19.4 Å². The minimum absolute atomic E-state index is 0.0959. The molecular weight excluding hydrogens is 493 g/mol. The fraction of sp³-hybridized carbons (Fsp3) is 0.452. The highest BCUT2D eigenvalue weighted by atomic mass is 19.1. The number of carbonyl (C=O) groups is 1. The summed E-state index contributed by atoms with van der Waals surface area (Å²) in [5.41, 5.74) is 1.89. The van der Waals surface area contributed by atoms with Crippen LogP contribution in [0.15, 0.2) is 54.7 Å². The molecule has 206 valence electrons. The van der Waals surface area contributed by atoms with E-state index in [-0.39, 0.29) is 11.9 Å². The molecule has 7 nitrogen and oxygen atoms in total. The van der Waals surface area contributed by atoms with Crippen LogP contribution >= 0.6 is 0 Å². The normalized spacial score (nSPS) is 16.6. The lowest BCUT2D eigenvalue weighted by molar-refractivity contribution is 0.0690. The Bertz CT molecular complexity index is 1290. The highest BCUT2D eigenvalue weighted by molar-refractivity contribution is 6.00. The number of methoxy groups -OCH3 is 1. The summed E-state index contributed by atoms with van der Waals surface area (Å²) in [6.45, 7) is 8.41. The SMILES string of the molecule is COc1cccc(CN(C(=O)c2cnc(N3CCC(N4CCCC4)CC3)nc2-c2ccccc2F)C(C)C)c1. The van der Waals surface area contributed by atoms with Gasteiger partial charge in [0.15, 0.2) is 0 Å². The Hall–Kier alpha value is -3.52. The molecule has 8 heteroatoms. The highest BCUT2D eigenvalue weighted by Gasteiger charge is 2.29. The summed E-state index contributed by atoms with van der Waals surface area (Å²) < 4.78 is 20.5. The molecule has 0 atom stereocenters. The van der Waals surface area contributed by atoms with Crippen LogP contribution in [0, 0.1) is 5.82 Å². The zero-order chi connectivity index (χ0) is 27.4. The molecule has 0 N–H and O–H groups in total. The Morgan fingerprint density at radius 2 is 1.82 bits per heavy atom. The van der Waals surface area contributed by atoms with E-state index in [0.717, 1.165) is 37.2 Å². The van der Waals surface area contributed by atoms with E-state index in [0.29, 0.717) is 35.4 Å². The molecule has 0 radical (unpaired) electrons. The van der Waals surface area contributed by atoms with Crippen molar-refractivity contribution in [3.63, 3.8) is 0 Å². The number of anilines is 1. The second-order valence-corrected chi connectivity index (χ2v) is 10.8. The molecule has 5 rings (SSSR count). The summed E-state index contributed by atoms with van der Waals surface area (Å²) in [6.07, 6.45) is 6.27. The van der Waals surface area contributed by atoms with E-state index in [1.54, 1.807) is 36.4 Å². The standard InChI is InChI=1S/C31H38FN5O2/c1-22(2)37(21-23-9-8-10-25(19-23)39-3)30(38)27-20-33-31(34-29(27)26-11-4-5-12-28(26)32)36-17-13-24(14-18-36)35-15-6-7-16-35/h4-5,8-12,19-20,22,24H,6-7,13-18,21H2,1-3H3. The Morgan fingerprint density at radius 1 is 1.08 bits per heavy atom. The Kier molecular flexibility index (Phi) is 8.41. The van der Waals surface area contributed by atoms with Gasteiger partial charge in [-0.2, -0.15) is 0 Å². The number of aromatic nitrogens is 2. The molecule has 2 aliphatic rings. The number of hydrogen-bond acceptors (Lipinski definition) is 6. The number of likely N-dealkylation sites (tertiary alicyclic amines) is 1. The van der Waals surface area contributed by atoms with Gasteiger partial charge in [-0.15, -0.1) is 0 Å². The van der Waals surface area contributed by atoms with E-state index in [2.05, 4.69) is 14.8 Å². The third-order valence-corrected chi connectivity index (χ3v) is 7.91. The molecule has 0 saturated carbocycles. The molecular formula is C31H38FN5O2. The second-order valence-electron chi connectivity index (χ2n) is 10.8. The van der Waals surface area contributed by atoms with Gasteiger partial charge in [-0.3, -0.25) is 4.79 Å². The summed E-state index contributed by atoms with van der Waals surface area (Å²) in [5.74, 6) is 0.642. The minimum Gasteiger partial charge on any atom is -0.497 e. The van der Waals surface area contributed by atoms with Crippen LogP contribution in [0.4, 0.5) is 10.3 Å². The van der Waals surface area contributed by atoms with Gasteiger partial charge in [-0.05, 0) is 82.4 Å². The average Bonchev–Trinajstić information content (AvgIpc) is 3.51. The monoisotopic (exact) mass is 531 g/mol. The van der Waals surface area contributed by atoms with Crippen molar-refractivity contribution in [2.75, 3.05) is 38.2 Å². The lowest BCUT2D eigenvalue weighted by Crippen LogP contribution is -2.44. The van der Waals surface area contributed by atoms with Gasteiger partial charge in [0.05, 0.1) is 18.4 Å². The molecule has 3 heterocycles. The Morgan fingerprint density at radius 3 is 2.51 bits per heavy atom. The molecule has 0 bridgehead atoms. The number of amides is 1. The maximum absolute atomic E-state index is 15.1. The van der Waals surface area contributed by atoms with Crippen molar-refractivity contribution in [1.82, 2.24) is 19.8 Å². The number of hydrogen-bond donors (Lipinski definition) is 0. The third-order valence-electron chi connectivity index (χ3n) is 7.91. The number of piperidine rings is 1. The van der Waals surface area contributed by atoms with E-state index >= 15 is 4.39 Å². The van der Waals surface area contributed by atoms with Crippen LogP contribution in [0.1, 0.15) is 55.5 Å². The highest BCUT2D eigenvalue weighted by Crippen LogP contribution is 2.30. The van der Waals surface area contributed by atoms with E-state index in [4.69, 9.17) is 9.72 Å². The number of carbonyl (C=O) groups excluding carboxylic acids is 1. The number of rotatable bonds is 8. The average molecular weight is 532 g/mol. The van der Waals surface area contributed by atoms with Crippen molar-refractivity contribution >= 4 is 11.9 Å². The molecule has 2 aliphatic heterocycles. The van der Waals surface area contributed by atoms with E-state index < -0.39 is 5.82 Å². The summed E-state index contributed by atoms with van der Waals surface area (Å²) in [7, 11) is 1.62. The third kappa shape index (κ3) is 6.06. The van der Waals surface area contributed by atoms with Crippen LogP contribution in [0.25, 0.3) is 11.3 Å². The van der Waals surface area contributed by atoms with Gasteiger partial charge in [0.1, 0.15) is 11.6 Å². The van der Waals surface area contributed by atoms with Gasteiger partial charge in [0.2, 0.25) is 5.95 Å². The van der Waals surface area contributed by atoms with Gasteiger partial charge >= 0.3 is 0 Å². The lowest BCUT2D eigenvalue weighted by Gasteiger charge is -2.36. The molecule has 2 fully saturated rings. The van der Waals surface area contributed by atoms with Crippen molar-refractivity contribution in [2.45, 2.75) is 58.2 Å². The predicted octanol–water partition coefficient (Wildman–Crippen LogP) is 5.41. The Balaban J connectivity index is 1.44.